The molecule has 0 aliphatic heterocycles. The van der Waals surface area contributed by atoms with Crippen LogP contribution in [0.1, 0.15) is 5.69 Å². The highest BCUT2D eigenvalue weighted by Crippen LogP contribution is 2.27. The van der Waals surface area contributed by atoms with Crippen LogP contribution in [0.5, 0.6) is 5.75 Å². The van der Waals surface area contributed by atoms with Gasteiger partial charge in [-0.1, -0.05) is 17.8 Å². The third-order valence-electron chi connectivity index (χ3n) is 2.12. The second-order valence-corrected chi connectivity index (χ2v) is 4.34. The Hall–Kier alpha value is -1.99. The number of ether oxygens (including phenoxy) is 1. The largest absolute Gasteiger partial charge is 0.497 e. The van der Waals surface area contributed by atoms with Gasteiger partial charge in [0.25, 0.3) is 0 Å². The summed E-state index contributed by atoms with van der Waals surface area (Å²) in [5.41, 5.74) is 0.434. The lowest BCUT2D eigenvalue weighted by Crippen LogP contribution is -1.85. The van der Waals surface area contributed by atoms with Gasteiger partial charge in [0.1, 0.15) is 22.5 Å². The molecule has 0 saturated carbocycles. The van der Waals surface area contributed by atoms with E-state index in [2.05, 4.69) is 4.98 Å². The summed E-state index contributed by atoms with van der Waals surface area (Å²) in [6.45, 7) is 0. The third-order valence-corrected chi connectivity index (χ3v) is 3.06. The van der Waals surface area contributed by atoms with Gasteiger partial charge in [0, 0.05) is 4.90 Å². The van der Waals surface area contributed by atoms with Gasteiger partial charge in [0.2, 0.25) is 0 Å². The Morgan fingerprint density at radius 1 is 1.18 bits per heavy atom. The van der Waals surface area contributed by atoms with Crippen molar-refractivity contribution >= 4 is 11.8 Å². The minimum absolute atomic E-state index is 0.434. The number of nitrogens with zero attached hydrogens (tertiary/aromatic N) is 2. The molecule has 1 aromatic heterocycles. The zero-order valence-corrected chi connectivity index (χ0v) is 10.1. The molecule has 0 aliphatic rings. The van der Waals surface area contributed by atoms with E-state index in [4.69, 9.17) is 10.00 Å². The zero-order chi connectivity index (χ0) is 12.1. The molecule has 17 heavy (non-hydrogen) atoms. The van der Waals surface area contributed by atoms with Gasteiger partial charge in [-0.2, -0.15) is 5.26 Å². The van der Waals surface area contributed by atoms with Crippen molar-refractivity contribution < 1.29 is 4.74 Å². The average Bonchev–Trinajstić information content (AvgIpc) is 2.40. The Morgan fingerprint density at radius 2 is 1.94 bits per heavy atom. The van der Waals surface area contributed by atoms with Crippen molar-refractivity contribution in [2.24, 2.45) is 0 Å². The van der Waals surface area contributed by atoms with E-state index in [0.717, 1.165) is 15.7 Å². The summed E-state index contributed by atoms with van der Waals surface area (Å²) in [5.74, 6) is 0.827. The molecule has 0 bridgehead atoms. The van der Waals surface area contributed by atoms with Crippen LogP contribution >= 0.6 is 11.8 Å². The maximum atomic E-state index is 8.76. The van der Waals surface area contributed by atoms with E-state index in [1.54, 1.807) is 13.2 Å². The molecule has 4 heteroatoms. The first kappa shape index (κ1) is 11.5. The number of pyridine rings is 1. The smallest absolute Gasteiger partial charge is 0.141 e. The van der Waals surface area contributed by atoms with Gasteiger partial charge in [-0.15, -0.1) is 0 Å². The predicted octanol–water partition coefficient (Wildman–Crippen LogP) is 3.11. The van der Waals surface area contributed by atoms with Gasteiger partial charge in [-0.05, 0) is 36.4 Å². The molecule has 1 aromatic carbocycles. The van der Waals surface area contributed by atoms with Gasteiger partial charge in [0.05, 0.1) is 7.11 Å². The lowest BCUT2D eigenvalue weighted by Gasteiger charge is -2.02. The fourth-order valence-corrected chi connectivity index (χ4v) is 2.10. The number of hydrogen-bond acceptors (Lipinski definition) is 4. The number of aromatic nitrogens is 1. The van der Waals surface area contributed by atoms with Crippen molar-refractivity contribution in [3.8, 4) is 11.8 Å². The second-order valence-electron chi connectivity index (χ2n) is 3.25. The molecule has 0 amide bonds. The average molecular weight is 242 g/mol. The van der Waals surface area contributed by atoms with E-state index < -0.39 is 0 Å². The minimum Gasteiger partial charge on any atom is -0.497 e. The van der Waals surface area contributed by atoms with Crippen LogP contribution in [0.15, 0.2) is 52.4 Å². The highest BCUT2D eigenvalue weighted by atomic mass is 32.2. The Morgan fingerprint density at radius 3 is 2.59 bits per heavy atom. The molecule has 84 valence electrons. The summed E-state index contributed by atoms with van der Waals surface area (Å²) in [7, 11) is 1.64. The quantitative estimate of drug-likeness (QED) is 0.829. The fraction of sp³-hybridized carbons (Fsp3) is 0.0769. The van der Waals surface area contributed by atoms with Gasteiger partial charge < -0.3 is 4.74 Å². The van der Waals surface area contributed by atoms with Crippen molar-refractivity contribution in [1.29, 1.82) is 5.26 Å². The van der Waals surface area contributed by atoms with Crippen molar-refractivity contribution in [2.75, 3.05) is 7.11 Å². The van der Waals surface area contributed by atoms with E-state index in [9.17, 15) is 0 Å². The lowest BCUT2D eigenvalue weighted by molar-refractivity contribution is 0.414. The topological polar surface area (TPSA) is 45.9 Å². The van der Waals surface area contributed by atoms with E-state index in [1.807, 2.05) is 42.5 Å². The number of methoxy groups -OCH3 is 1. The number of hydrogen-bond donors (Lipinski definition) is 0. The summed E-state index contributed by atoms with van der Waals surface area (Å²) in [6, 6.07) is 15.2. The molecule has 1 heterocycles. The molecule has 0 radical (unpaired) electrons. The van der Waals surface area contributed by atoms with Crippen LogP contribution in [0.4, 0.5) is 0 Å². The molecule has 0 aliphatic carbocycles. The molecule has 0 atom stereocenters. The maximum absolute atomic E-state index is 8.76. The lowest BCUT2D eigenvalue weighted by atomic mass is 10.3. The first-order valence-corrected chi connectivity index (χ1v) is 5.82. The van der Waals surface area contributed by atoms with Crippen LogP contribution in [0.25, 0.3) is 0 Å². The summed E-state index contributed by atoms with van der Waals surface area (Å²) < 4.78 is 5.09. The summed E-state index contributed by atoms with van der Waals surface area (Å²) in [5, 5.41) is 9.57. The maximum Gasteiger partial charge on any atom is 0.141 e. The molecule has 0 saturated heterocycles. The highest BCUT2D eigenvalue weighted by molar-refractivity contribution is 7.99. The summed E-state index contributed by atoms with van der Waals surface area (Å²) in [4.78, 5) is 5.26. The number of benzene rings is 1. The van der Waals surface area contributed by atoms with Crippen molar-refractivity contribution in [1.82, 2.24) is 4.98 Å². The van der Waals surface area contributed by atoms with Crippen molar-refractivity contribution in [3.63, 3.8) is 0 Å². The van der Waals surface area contributed by atoms with Gasteiger partial charge in [-0.3, -0.25) is 0 Å². The Balaban J connectivity index is 2.16. The SMILES string of the molecule is COc1ccc(Sc2cccc(C#N)n2)cc1. The van der Waals surface area contributed by atoms with E-state index >= 15 is 0 Å². The van der Waals surface area contributed by atoms with E-state index in [-0.39, 0.29) is 0 Å². The monoisotopic (exact) mass is 242 g/mol. The molecule has 0 unspecified atom stereocenters. The first-order valence-electron chi connectivity index (χ1n) is 5.01. The van der Waals surface area contributed by atoms with Crippen molar-refractivity contribution in [2.45, 2.75) is 9.92 Å². The second kappa shape index (κ2) is 5.37. The Labute approximate surface area is 104 Å². The van der Waals surface area contributed by atoms with Gasteiger partial charge >= 0.3 is 0 Å². The number of rotatable bonds is 3. The molecule has 0 N–H and O–H groups in total. The summed E-state index contributed by atoms with van der Waals surface area (Å²) in [6.07, 6.45) is 0. The molecule has 3 nitrogen and oxygen atoms in total. The van der Waals surface area contributed by atoms with Crippen LogP contribution in [0.3, 0.4) is 0 Å². The summed E-state index contributed by atoms with van der Waals surface area (Å²) >= 11 is 1.52. The van der Waals surface area contributed by atoms with E-state index in [1.165, 1.54) is 11.8 Å². The number of nitriles is 1. The molecular weight excluding hydrogens is 232 g/mol. The molecule has 2 aromatic rings. The van der Waals surface area contributed by atoms with Crippen LogP contribution in [0, 0.1) is 11.3 Å². The molecular formula is C13H10N2OS. The van der Waals surface area contributed by atoms with Crippen LogP contribution < -0.4 is 4.74 Å². The van der Waals surface area contributed by atoms with Crippen LogP contribution in [-0.2, 0) is 0 Å². The fourth-order valence-electron chi connectivity index (χ4n) is 1.30. The normalized spacial score (nSPS) is 9.65. The molecule has 0 fully saturated rings. The highest BCUT2D eigenvalue weighted by Gasteiger charge is 2.00. The van der Waals surface area contributed by atoms with Crippen molar-refractivity contribution in [3.05, 3.63) is 48.2 Å². The van der Waals surface area contributed by atoms with Gasteiger partial charge in [0.15, 0.2) is 0 Å². The van der Waals surface area contributed by atoms with Crippen LogP contribution in [0.2, 0.25) is 0 Å². The minimum atomic E-state index is 0.434. The van der Waals surface area contributed by atoms with Gasteiger partial charge in [-0.25, -0.2) is 4.98 Å². The predicted molar refractivity (Wildman–Crippen MR) is 66.1 cm³/mol. The standard InChI is InChI=1S/C13H10N2OS/c1-16-11-5-7-12(8-6-11)17-13-4-2-3-10(9-14)15-13/h2-8H,1H3. The Kier molecular flexibility index (Phi) is 3.63. The first-order chi connectivity index (χ1) is 8.31. The van der Waals surface area contributed by atoms with E-state index in [0.29, 0.717) is 5.69 Å². The van der Waals surface area contributed by atoms with Crippen LogP contribution in [-0.4, -0.2) is 12.1 Å². The zero-order valence-electron chi connectivity index (χ0n) is 9.25. The molecule has 2 rings (SSSR count). The molecule has 0 spiro atoms. The Bertz CT molecular complexity index is 546. The third kappa shape index (κ3) is 2.99.